The number of rotatable bonds is 8. The zero-order valence-corrected chi connectivity index (χ0v) is 13.3. The van der Waals surface area contributed by atoms with Crippen LogP contribution in [0.1, 0.15) is 57.3 Å². The standard InChI is InChI=1S/C17H30N2O/c1-14(2)8-10-19(16-6-4-5-7-16)13-15-9-11-20-17(15)12-18-3/h9,11,14,16,18H,4-8,10,12-13H2,1-3H3. The fraction of sp³-hybridized carbons (Fsp3) is 0.765. The van der Waals surface area contributed by atoms with Crippen LogP contribution in [0.2, 0.25) is 0 Å². The Balaban J connectivity index is 1.99. The molecule has 1 N–H and O–H groups in total. The van der Waals surface area contributed by atoms with Crippen LogP contribution in [-0.2, 0) is 13.1 Å². The third-order valence-electron chi connectivity index (χ3n) is 4.38. The molecule has 0 bridgehead atoms. The van der Waals surface area contributed by atoms with E-state index in [1.54, 1.807) is 0 Å². The maximum atomic E-state index is 5.61. The first-order chi connectivity index (χ1) is 9.70. The first-order valence-electron chi connectivity index (χ1n) is 8.14. The van der Waals surface area contributed by atoms with Gasteiger partial charge in [0.2, 0.25) is 0 Å². The molecule has 1 aromatic rings. The molecule has 2 rings (SSSR count). The lowest BCUT2D eigenvalue weighted by Crippen LogP contribution is -2.34. The Kier molecular flexibility index (Phi) is 6.11. The van der Waals surface area contributed by atoms with E-state index in [1.807, 2.05) is 13.3 Å². The lowest BCUT2D eigenvalue weighted by Gasteiger charge is -2.29. The Morgan fingerprint density at radius 3 is 2.75 bits per heavy atom. The minimum Gasteiger partial charge on any atom is -0.468 e. The fourth-order valence-electron chi connectivity index (χ4n) is 3.13. The van der Waals surface area contributed by atoms with Gasteiger partial charge in [0.1, 0.15) is 5.76 Å². The van der Waals surface area contributed by atoms with Crippen LogP contribution in [0.4, 0.5) is 0 Å². The molecule has 0 saturated heterocycles. The Hall–Kier alpha value is -0.800. The lowest BCUT2D eigenvalue weighted by molar-refractivity contribution is 0.178. The van der Waals surface area contributed by atoms with Gasteiger partial charge < -0.3 is 9.73 Å². The van der Waals surface area contributed by atoms with Crippen LogP contribution in [-0.4, -0.2) is 24.5 Å². The van der Waals surface area contributed by atoms with Crippen molar-refractivity contribution in [1.29, 1.82) is 0 Å². The van der Waals surface area contributed by atoms with Gasteiger partial charge in [-0.15, -0.1) is 0 Å². The van der Waals surface area contributed by atoms with Gasteiger partial charge in [0.15, 0.2) is 0 Å². The molecular formula is C17H30N2O. The van der Waals surface area contributed by atoms with Crippen molar-refractivity contribution in [3.05, 3.63) is 23.7 Å². The molecule has 1 aromatic heterocycles. The number of nitrogens with one attached hydrogen (secondary N) is 1. The first kappa shape index (κ1) is 15.6. The van der Waals surface area contributed by atoms with Gasteiger partial charge in [0.25, 0.3) is 0 Å². The second-order valence-electron chi connectivity index (χ2n) is 6.49. The molecule has 1 heterocycles. The van der Waals surface area contributed by atoms with E-state index in [2.05, 4.69) is 30.1 Å². The van der Waals surface area contributed by atoms with Crippen molar-refractivity contribution >= 4 is 0 Å². The summed E-state index contributed by atoms with van der Waals surface area (Å²) in [5.41, 5.74) is 1.36. The molecule has 0 atom stereocenters. The van der Waals surface area contributed by atoms with Gasteiger partial charge in [-0.05, 0) is 44.8 Å². The predicted molar refractivity (Wildman–Crippen MR) is 83.6 cm³/mol. The van der Waals surface area contributed by atoms with Crippen LogP contribution in [0.5, 0.6) is 0 Å². The van der Waals surface area contributed by atoms with Crippen LogP contribution in [0.15, 0.2) is 16.7 Å². The number of hydrogen-bond donors (Lipinski definition) is 1. The lowest BCUT2D eigenvalue weighted by atomic mass is 10.1. The smallest absolute Gasteiger partial charge is 0.122 e. The SMILES string of the molecule is CNCc1occc1CN(CCC(C)C)C1CCCC1. The fourth-order valence-corrected chi connectivity index (χ4v) is 3.13. The van der Waals surface area contributed by atoms with Crippen molar-refractivity contribution in [2.24, 2.45) is 5.92 Å². The highest BCUT2D eigenvalue weighted by atomic mass is 16.3. The summed E-state index contributed by atoms with van der Waals surface area (Å²) in [6.07, 6.45) is 8.66. The molecule has 0 amide bonds. The van der Waals surface area contributed by atoms with E-state index in [0.717, 1.165) is 30.8 Å². The summed E-state index contributed by atoms with van der Waals surface area (Å²) < 4.78 is 5.61. The molecule has 0 aromatic carbocycles. The maximum Gasteiger partial charge on any atom is 0.122 e. The van der Waals surface area contributed by atoms with E-state index in [9.17, 15) is 0 Å². The average Bonchev–Trinajstić information content (AvgIpc) is 3.06. The van der Waals surface area contributed by atoms with Gasteiger partial charge in [-0.2, -0.15) is 0 Å². The van der Waals surface area contributed by atoms with Gasteiger partial charge in [-0.1, -0.05) is 26.7 Å². The molecule has 1 fully saturated rings. The minimum atomic E-state index is 0.778. The van der Waals surface area contributed by atoms with Gasteiger partial charge in [-0.25, -0.2) is 0 Å². The second kappa shape index (κ2) is 7.84. The molecule has 3 heteroatoms. The number of hydrogen-bond acceptors (Lipinski definition) is 3. The Morgan fingerprint density at radius 2 is 2.10 bits per heavy atom. The number of furan rings is 1. The van der Waals surface area contributed by atoms with E-state index in [0.29, 0.717) is 0 Å². The summed E-state index contributed by atoms with van der Waals surface area (Å²) in [7, 11) is 1.97. The van der Waals surface area contributed by atoms with Crippen molar-refractivity contribution < 1.29 is 4.42 Å². The molecule has 0 unspecified atom stereocenters. The van der Waals surface area contributed by atoms with Crippen molar-refractivity contribution in [2.75, 3.05) is 13.6 Å². The van der Waals surface area contributed by atoms with Crippen LogP contribution in [0.3, 0.4) is 0 Å². The molecule has 3 nitrogen and oxygen atoms in total. The highest BCUT2D eigenvalue weighted by Crippen LogP contribution is 2.26. The van der Waals surface area contributed by atoms with Crippen LogP contribution < -0.4 is 5.32 Å². The van der Waals surface area contributed by atoms with Crippen LogP contribution in [0, 0.1) is 5.92 Å². The molecule has 0 spiro atoms. The third-order valence-corrected chi connectivity index (χ3v) is 4.38. The summed E-state index contributed by atoms with van der Waals surface area (Å²) in [5, 5.41) is 3.19. The van der Waals surface area contributed by atoms with E-state index in [1.165, 1.54) is 44.2 Å². The zero-order chi connectivity index (χ0) is 14.4. The Morgan fingerprint density at radius 1 is 1.35 bits per heavy atom. The summed E-state index contributed by atoms with van der Waals surface area (Å²) in [6.45, 7) is 7.72. The van der Waals surface area contributed by atoms with Crippen molar-refractivity contribution in [1.82, 2.24) is 10.2 Å². The molecule has 114 valence electrons. The molecule has 20 heavy (non-hydrogen) atoms. The number of nitrogens with zero attached hydrogens (tertiary/aromatic N) is 1. The summed E-state index contributed by atoms with van der Waals surface area (Å²) in [6, 6.07) is 2.93. The van der Waals surface area contributed by atoms with E-state index in [4.69, 9.17) is 4.42 Å². The minimum absolute atomic E-state index is 0.778. The quantitative estimate of drug-likeness (QED) is 0.784. The monoisotopic (exact) mass is 278 g/mol. The Labute approximate surface area is 123 Å². The molecule has 1 aliphatic rings. The van der Waals surface area contributed by atoms with E-state index < -0.39 is 0 Å². The second-order valence-corrected chi connectivity index (χ2v) is 6.49. The van der Waals surface area contributed by atoms with Crippen molar-refractivity contribution in [2.45, 2.75) is 65.1 Å². The van der Waals surface area contributed by atoms with Crippen LogP contribution in [0.25, 0.3) is 0 Å². The highest BCUT2D eigenvalue weighted by Gasteiger charge is 2.23. The van der Waals surface area contributed by atoms with Crippen molar-refractivity contribution in [3.8, 4) is 0 Å². The average molecular weight is 278 g/mol. The van der Waals surface area contributed by atoms with Gasteiger partial charge in [-0.3, -0.25) is 4.90 Å². The van der Waals surface area contributed by atoms with Gasteiger partial charge >= 0.3 is 0 Å². The third kappa shape index (κ3) is 4.35. The van der Waals surface area contributed by atoms with E-state index >= 15 is 0 Å². The summed E-state index contributed by atoms with van der Waals surface area (Å²) in [5.74, 6) is 1.88. The molecule has 0 radical (unpaired) electrons. The summed E-state index contributed by atoms with van der Waals surface area (Å²) in [4.78, 5) is 2.69. The first-order valence-corrected chi connectivity index (χ1v) is 8.14. The summed E-state index contributed by atoms with van der Waals surface area (Å²) >= 11 is 0. The van der Waals surface area contributed by atoms with Gasteiger partial charge in [0, 0.05) is 18.2 Å². The van der Waals surface area contributed by atoms with E-state index in [-0.39, 0.29) is 0 Å². The van der Waals surface area contributed by atoms with Crippen molar-refractivity contribution in [3.63, 3.8) is 0 Å². The highest BCUT2D eigenvalue weighted by molar-refractivity contribution is 5.17. The predicted octanol–water partition coefficient (Wildman–Crippen LogP) is 3.79. The largest absolute Gasteiger partial charge is 0.468 e. The molecular weight excluding hydrogens is 248 g/mol. The normalized spacial score (nSPS) is 16.6. The molecule has 1 saturated carbocycles. The van der Waals surface area contributed by atoms with Crippen LogP contribution >= 0.6 is 0 Å². The van der Waals surface area contributed by atoms with Gasteiger partial charge in [0.05, 0.1) is 12.8 Å². The topological polar surface area (TPSA) is 28.4 Å². The zero-order valence-electron chi connectivity index (χ0n) is 13.3. The Bertz CT molecular complexity index is 380. The maximum absolute atomic E-state index is 5.61. The molecule has 0 aliphatic heterocycles. The molecule has 1 aliphatic carbocycles.